The highest BCUT2D eigenvalue weighted by Crippen LogP contribution is 2.16. The zero-order valence-electron chi connectivity index (χ0n) is 11.2. The Hall–Kier alpha value is -0.810. The average Bonchev–Trinajstić information content (AvgIpc) is 2.65. The zero-order chi connectivity index (χ0) is 13.0. The summed E-state index contributed by atoms with van der Waals surface area (Å²) in [5.74, 6) is -0.528. The second kappa shape index (κ2) is 7.59. The molecule has 1 aliphatic rings. The lowest BCUT2D eigenvalue weighted by Crippen LogP contribution is -2.46. The highest BCUT2D eigenvalue weighted by molar-refractivity contribution is 5.85. The molecule has 0 bridgehead atoms. The Morgan fingerprint density at radius 2 is 2.00 bits per heavy atom. The van der Waals surface area contributed by atoms with E-state index in [1.165, 1.54) is 0 Å². The summed E-state index contributed by atoms with van der Waals surface area (Å²) >= 11 is 0. The van der Waals surface area contributed by atoms with Gasteiger partial charge in [0.1, 0.15) is 6.04 Å². The van der Waals surface area contributed by atoms with Crippen molar-refractivity contribution in [3.8, 4) is 0 Å². The Kier molecular flexibility index (Phi) is 7.25. The molecule has 0 radical (unpaired) electrons. The van der Waals surface area contributed by atoms with Gasteiger partial charge in [-0.25, -0.2) is 0 Å². The van der Waals surface area contributed by atoms with Crippen LogP contribution in [0.5, 0.6) is 0 Å². The molecule has 18 heavy (non-hydrogen) atoms. The predicted molar refractivity (Wildman–Crippen MR) is 71.9 cm³/mol. The van der Waals surface area contributed by atoms with Crippen molar-refractivity contribution in [2.75, 3.05) is 13.1 Å². The third kappa shape index (κ3) is 4.82. The maximum atomic E-state index is 11.7. The van der Waals surface area contributed by atoms with Gasteiger partial charge in [-0.15, -0.1) is 12.4 Å². The zero-order valence-corrected chi connectivity index (χ0v) is 12.0. The third-order valence-corrected chi connectivity index (χ3v) is 3.38. The number of nitrogens with zero attached hydrogens (tertiary/aromatic N) is 1. The molecule has 1 rings (SSSR count). The summed E-state index contributed by atoms with van der Waals surface area (Å²) in [6, 6.07) is -0.372. The van der Waals surface area contributed by atoms with Crippen molar-refractivity contribution in [3.05, 3.63) is 0 Å². The number of carboxylic acid groups (broad SMARTS) is 1. The van der Waals surface area contributed by atoms with Gasteiger partial charge < -0.3 is 10.4 Å². The van der Waals surface area contributed by atoms with Gasteiger partial charge in [-0.3, -0.25) is 14.5 Å². The van der Waals surface area contributed by atoms with E-state index in [4.69, 9.17) is 5.11 Å². The topological polar surface area (TPSA) is 69.6 Å². The standard InChI is InChI=1S/C12H22N2O3.ClH/c1-8(2)9(3)13-11(15)7-14-6-4-5-10(14)12(16)17;/h8-10H,4-7H2,1-3H3,(H,13,15)(H,16,17);1H. The minimum absolute atomic E-state index is 0. The van der Waals surface area contributed by atoms with Crippen LogP contribution in [0.15, 0.2) is 0 Å². The second-order valence-corrected chi connectivity index (χ2v) is 5.07. The fraction of sp³-hybridized carbons (Fsp3) is 0.833. The Morgan fingerprint density at radius 3 is 2.50 bits per heavy atom. The van der Waals surface area contributed by atoms with E-state index in [0.29, 0.717) is 18.9 Å². The summed E-state index contributed by atoms with van der Waals surface area (Å²) in [7, 11) is 0. The molecule has 1 heterocycles. The van der Waals surface area contributed by atoms with E-state index in [9.17, 15) is 9.59 Å². The van der Waals surface area contributed by atoms with Crippen LogP contribution in [0.2, 0.25) is 0 Å². The van der Waals surface area contributed by atoms with E-state index in [2.05, 4.69) is 5.32 Å². The number of carbonyl (C=O) groups excluding carboxylic acids is 1. The Morgan fingerprint density at radius 1 is 1.39 bits per heavy atom. The van der Waals surface area contributed by atoms with Crippen molar-refractivity contribution in [1.82, 2.24) is 10.2 Å². The van der Waals surface area contributed by atoms with Crippen LogP contribution in [-0.2, 0) is 9.59 Å². The number of hydrogen-bond acceptors (Lipinski definition) is 3. The first-order chi connectivity index (χ1) is 7.91. The average molecular weight is 279 g/mol. The summed E-state index contributed by atoms with van der Waals surface area (Å²) in [6.45, 7) is 6.93. The van der Waals surface area contributed by atoms with Crippen LogP contribution >= 0.6 is 12.4 Å². The molecule has 1 fully saturated rings. The molecule has 6 heteroatoms. The van der Waals surface area contributed by atoms with Crippen LogP contribution in [-0.4, -0.2) is 47.1 Å². The highest BCUT2D eigenvalue weighted by atomic mass is 35.5. The SMILES string of the molecule is CC(C)C(C)NC(=O)CN1CCCC1C(=O)O.Cl. The van der Waals surface area contributed by atoms with E-state index >= 15 is 0 Å². The fourth-order valence-corrected chi connectivity index (χ4v) is 1.95. The minimum Gasteiger partial charge on any atom is -0.480 e. The number of hydrogen-bond donors (Lipinski definition) is 2. The molecule has 1 aliphatic heterocycles. The molecule has 106 valence electrons. The number of likely N-dealkylation sites (tertiary alicyclic amines) is 1. The maximum absolute atomic E-state index is 11.7. The van der Waals surface area contributed by atoms with Gasteiger partial charge >= 0.3 is 5.97 Å². The summed E-state index contributed by atoms with van der Waals surface area (Å²) < 4.78 is 0. The van der Waals surface area contributed by atoms with Crippen LogP contribution in [0.25, 0.3) is 0 Å². The first-order valence-electron chi connectivity index (χ1n) is 6.18. The molecule has 0 saturated carbocycles. The molecule has 2 atom stereocenters. The van der Waals surface area contributed by atoms with Crippen LogP contribution in [0.3, 0.4) is 0 Å². The number of carboxylic acids is 1. The van der Waals surface area contributed by atoms with Gasteiger partial charge in [0.25, 0.3) is 0 Å². The number of rotatable bonds is 5. The van der Waals surface area contributed by atoms with Gasteiger partial charge in [-0.2, -0.15) is 0 Å². The number of nitrogens with one attached hydrogen (secondary N) is 1. The van der Waals surface area contributed by atoms with Gasteiger partial charge in [0, 0.05) is 6.04 Å². The van der Waals surface area contributed by atoms with E-state index in [1.807, 2.05) is 20.8 Å². The van der Waals surface area contributed by atoms with Crippen molar-refractivity contribution in [2.24, 2.45) is 5.92 Å². The quantitative estimate of drug-likeness (QED) is 0.791. The molecule has 5 nitrogen and oxygen atoms in total. The molecule has 0 aromatic heterocycles. The highest BCUT2D eigenvalue weighted by Gasteiger charge is 2.31. The molecule has 1 saturated heterocycles. The van der Waals surface area contributed by atoms with Crippen LogP contribution in [0.1, 0.15) is 33.6 Å². The first-order valence-corrected chi connectivity index (χ1v) is 6.18. The summed E-state index contributed by atoms with van der Waals surface area (Å²) in [5.41, 5.74) is 0. The largest absolute Gasteiger partial charge is 0.480 e. The fourth-order valence-electron chi connectivity index (χ4n) is 1.95. The van der Waals surface area contributed by atoms with E-state index in [-0.39, 0.29) is 30.9 Å². The first kappa shape index (κ1) is 17.2. The van der Waals surface area contributed by atoms with Crippen molar-refractivity contribution in [3.63, 3.8) is 0 Å². The lowest BCUT2D eigenvalue weighted by Gasteiger charge is -2.23. The molecule has 0 aliphatic carbocycles. The molecular weight excluding hydrogens is 256 g/mol. The molecule has 0 aromatic carbocycles. The van der Waals surface area contributed by atoms with Crippen molar-refractivity contribution >= 4 is 24.3 Å². The normalized spacial score (nSPS) is 21.4. The number of aliphatic carboxylic acids is 1. The number of amides is 1. The van der Waals surface area contributed by atoms with Crippen LogP contribution in [0.4, 0.5) is 0 Å². The molecular formula is C12H23ClN2O3. The Bertz CT molecular complexity index is 297. The Labute approximate surface area is 114 Å². The van der Waals surface area contributed by atoms with E-state index in [0.717, 1.165) is 6.42 Å². The van der Waals surface area contributed by atoms with Gasteiger partial charge in [-0.05, 0) is 32.2 Å². The van der Waals surface area contributed by atoms with Gasteiger partial charge in [-0.1, -0.05) is 13.8 Å². The molecule has 2 N–H and O–H groups in total. The van der Waals surface area contributed by atoms with E-state index < -0.39 is 12.0 Å². The molecule has 2 unspecified atom stereocenters. The van der Waals surface area contributed by atoms with Crippen molar-refractivity contribution in [2.45, 2.75) is 45.7 Å². The second-order valence-electron chi connectivity index (χ2n) is 5.07. The summed E-state index contributed by atoms with van der Waals surface area (Å²) in [6.07, 6.45) is 1.49. The Balaban J connectivity index is 0.00000289. The monoisotopic (exact) mass is 278 g/mol. The van der Waals surface area contributed by atoms with Crippen LogP contribution < -0.4 is 5.32 Å². The summed E-state index contributed by atoms with van der Waals surface area (Å²) in [5, 5.41) is 11.9. The van der Waals surface area contributed by atoms with Gasteiger partial charge in [0.2, 0.25) is 5.91 Å². The van der Waals surface area contributed by atoms with Gasteiger partial charge in [0.05, 0.1) is 6.54 Å². The minimum atomic E-state index is -0.827. The summed E-state index contributed by atoms with van der Waals surface area (Å²) in [4.78, 5) is 24.4. The molecule has 0 spiro atoms. The lowest BCUT2D eigenvalue weighted by molar-refractivity contribution is -0.142. The third-order valence-electron chi connectivity index (χ3n) is 3.38. The van der Waals surface area contributed by atoms with E-state index in [1.54, 1.807) is 4.90 Å². The lowest BCUT2D eigenvalue weighted by atomic mass is 10.1. The van der Waals surface area contributed by atoms with Gasteiger partial charge in [0.15, 0.2) is 0 Å². The number of halogens is 1. The molecule has 1 amide bonds. The van der Waals surface area contributed by atoms with Crippen molar-refractivity contribution in [1.29, 1.82) is 0 Å². The predicted octanol–water partition coefficient (Wildman–Crippen LogP) is 1.12. The van der Waals surface area contributed by atoms with Crippen molar-refractivity contribution < 1.29 is 14.7 Å². The number of carbonyl (C=O) groups is 2. The maximum Gasteiger partial charge on any atom is 0.320 e. The van der Waals surface area contributed by atoms with Crippen LogP contribution in [0, 0.1) is 5.92 Å². The molecule has 0 aromatic rings. The smallest absolute Gasteiger partial charge is 0.320 e.